The molecule has 0 amide bonds. The summed E-state index contributed by atoms with van der Waals surface area (Å²) in [5, 5.41) is 0.322. The highest BCUT2D eigenvalue weighted by Crippen LogP contribution is 2.27. The van der Waals surface area contributed by atoms with Crippen molar-refractivity contribution in [2.24, 2.45) is 0 Å². The number of halogens is 2. The van der Waals surface area contributed by atoms with Crippen LogP contribution in [0, 0.1) is 5.82 Å². The molecule has 1 aromatic carbocycles. The van der Waals surface area contributed by atoms with Crippen molar-refractivity contribution in [2.45, 2.75) is 6.42 Å². The zero-order valence-electron chi connectivity index (χ0n) is 9.52. The quantitative estimate of drug-likeness (QED) is 0.841. The maximum atomic E-state index is 13.5. The lowest BCUT2D eigenvalue weighted by Gasteiger charge is -2.02. The molecule has 0 saturated heterocycles. The Labute approximate surface area is 116 Å². The van der Waals surface area contributed by atoms with Gasteiger partial charge in [0.05, 0.1) is 6.61 Å². The van der Waals surface area contributed by atoms with E-state index in [-0.39, 0.29) is 5.75 Å². The van der Waals surface area contributed by atoms with Crippen molar-refractivity contribution >= 4 is 27.5 Å². The molecule has 0 N–H and O–H groups in total. The van der Waals surface area contributed by atoms with Crippen LogP contribution in [0.1, 0.15) is 5.82 Å². The van der Waals surface area contributed by atoms with Gasteiger partial charge in [0.1, 0.15) is 5.82 Å². The highest BCUT2D eigenvalue weighted by atomic mass is 79.9. The molecule has 0 atom stereocenters. The van der Waals surface area contributed by atoms with Gasteiger partial charge in [0.25, 0.3) is 5.19 Å². The van der Waals surface area contributed by atoms with E-state index < -0.39 is 5.82 Å². The van der Waals surface area contributed by atoms with Gasteiger partial charge in [0, 0.05) is 29.5 Å². The van der Waals surface area contributed by atoms with Crippen molar-refractivity contribution < 1.29 is 13.9 Å². The lowest BCUT2D eigenvalue weighted by atomic mass is 10.3. The summed E-state index contributed by atoms with van der Waals surface area (Å²) in [5.74, 6) is 0.319. The number of hydrogen-bond acceptors (Lipinski definition) is 5. The maximum absolute atomic E-state index is 13.5. The monoisotopic (exact) mass is 332 g/mol. The molecule has 0 radical (unpaired) electrons. The number of nitrogens with zero attached hydrogens (tertiary/aromatic N) is 2. The first-order chi connectivity index (χ1) is 8.69. The van der Waals surface area contributed by atoms with E-state index >= 15 is 0 Å². The van der Waals surface area contributed by atoms with Gasteiger partial charge in [-0.25, -0.2) is 4.39 Å². The third kappa shape index (κ3) is 3.47. The Balaban J connectivity index is 2.06. The number of ether oxygens (including phenoxy) is 2. The number of benzene rings is 1. The Kier molecular flexibility index (Phi) is 4.62. The first kappa shape index (κ1) is 13.4. The summed E-state index contributed by atoms with van der Waals surface area (Å²) in [6.07, 6.45) is 0.610. The van der Waals surface area contributed by atoms with Gasteiger partial charge in [-0.05, 0) is 18.2 Å². The molecule has 2 aromatic rings. The molecule has 96 valence electrons. The van der Waals surface area contributed by atoms with Crippen LogP contribution in [0.4, 0.5) is 4.39 Å². The minimum absolute atomic E-state index is 0.132. The molecule has 2 rings (SSSR count). The Morgan fingerprint density at radius 2 is 2.28 bits per heavy atom. The second kappa shape index (κ2) is 6.21. The predicted molar refractivity (Wildman–Crippen MR) is 69.7 cm³/mol. The van der Waals surface area contributed by atoms with Crippen molar-refractivity contribution in [3.63, 3.8) is 0 Å². The normalized spacial score (nSPS) is 10.6. The van der Waals surface area contributed by atoms with Gasteiger partial charge >= 0.3 is 0 Å². The van der Waals surface area contributed by atoms with Gasteiger partial charge in [0.15, 0.2) is 11.6 Å². The Morgan fingerprint density at radius 1 is 1.44 bits per heavy atom. The lowest BCUT2D eigenvalue weighted by molar-refractivity contribution is 0.200. The molecule has 0 aliphatic rings. The van der Waals surface area contributed by atoms with Crippen LogP contribution in [0.3, 0.4) is 0 Å². The highest BCUT2D eigenvalue weighted by Gasteiger charge is 2.09. The smallest absolute Gasteiger partial charge is 0.298 e. The second-order valence-electron chi connectivity index (χ2n) is 3.40. The Bertz CT molecular complexity index is 536. The van der Waals surface area contributed by atoms with Crippen LogP contribution in [-0.4, -0.2) is 23.1 Å². The third-order valence-electron chi connectivity index (χ3n) is 2.07. The van der Waals surface area contributed by atoms with Crippen molar-refractivity contribution in [3.05, 3.63) is 34.3 Å². The second-order valence-corrected chi connectivity index (χ2v) is 5.03. The molecule has 7 heteroatoms. The van der Waals surface area contributed by atoms with Crippen molar-refractivity contribution in [1.29, 1.82) is 0 Å². The highest BCUT2D eigenvalue weighted by molar-refractivity contribution is 9.10. The molecular formula is C11H10BrFN2O2S. The van der Waals surface area contributed by atoms with Gasteiger partial charge in [-0.15, -0.1) is 0 Å². The Hall–Kier alpha value is -1.05. The number of rotatable bonds is 5. The van der Waals surface area contributed by atoms with Crippen LogP contribution in [0.5, 0.6) is 10.9 Å². The van der Waals surface area contributed by atoms with E-state index in [1.54, 1.807) is 13.2 Å². The van der Waals surface area contributed by atoms with E-state index in [2.05, 4.69) is 25.3 Å². The molecule has 0 aliphatic carbocycles. The third-order valence-corrected chi connectivity index (χ3v) is 3.20. The fourth-order valence-electron chi connectivity index (χ4n) is 1.23. The fraction of sp³-hybridized carbons (Fsp3) is 0.273. The average molecular weight is 333 g/mol. The van der Waals surface area contributed by atoms with E-state index in [1.807, 2.05) is 0 Å². The van der Waals surface area contributed by atoms with Gasteiger partial charge in [-0.3, -0.25) is 0 Å². The zero-order chi connectivity index (χ0) is 13.0. The molecule has 0 fully saturated rings. The topological polar surface area (TPSA) is 44.2 Å². The fourth-order valence-corrected chi connectivity index (χ4v) is 2.15. The predicted octanol–water partition coefficient (Wildman–Crippen LogP) is 3.42. The number of hydrogen-bond donors (Lipinski definition) is 0. The van der Waals surface area contributed by atoms with Gasteiger partial charge in [-0.1, -0.05) is 15.9 Å². The van der Waals surface area contributed by atoms with Gasteiger partial charge < -0.3 is 9.47 Å². The SMILES string of the molecule is COCCc1nsc(Oc2ccc(Br)cc2F)n1. The van der Waals surface area contributed by atoms with E-state index in [0.29, 0.717) is 28.5 Å². The summed E-state index contributed by atoms with van der Waals surface area (Å²) < 4.78 is 28.5. The molecule has 1 aromatic heterocycles. The molecule has 0 spiro atoms. The van der Waals surface area contributed by atoms with Crippen molar-refractivity contribution in [1.82, 2.24) is 9.36 Å². The largest absolute Gasteiger partial charge is 0.427 e. The number of aromatic nitrogens is 2. The van der Waals surface area contributed by atoms with Crippen LogP contribution in [0.15, 0.2) is 22.7 Å². The minimum atomic E-state index is -0.446. The van der Waals surface area contributed by atoms with Crippen molar-refractivity contribution in [3.8, 4) is 10.9 Å². The molecule has 1 heterocycles. The number of methoxy groups -OCH3 is 1. The van der Waals surface area contributed by atoms with E-state index in [9.17, 15) is 4.39 Å². The molecular weight excluding hydrogens is 323 g/mol. The molecule has 0 saturated carbocycles. The van der Waals surface area contributed by atoms with E-state index in [0.717, 1.165) is 11.5 Å². The van der Waals surface area contributed by atoms with Gasteiger partial charge in [0.2, 0.25) is 0 Å². The van der Waals surface area contributed by atoms with Crippen molar-refractivity contribution in [2.75, 3.05) is 13.7 Å². The molecule has 0 bridgehead atoms. The van der Waals surface area contributed by atoms with Crippen LogP contribution in [0.2, 0.25) is 0 Å². The first-order valence-corrected chi connectivity index (χ1v) is 6.70. The zero-order valence-corrected chi connectivity index (χ0v) is 11.9. The molecule has 4 nitrogen and oxygen atoms in total. The Morgan fingerprint density at radius 3 is 3.00 bits per heavy atom. The summed E-state index contributed by atoms with van der Waals surface area (Å²) in [5.41, 5.74) is 0. The van der Waals surface area contributed by atoms with E-state index in [4.69, 9.17) is 9.47 Å². The van der Waals surface area contributed by atoms with Gasteiger partial charge in [-0.2, -0.15) is 9.36 Å². The summed E-state index contributed by atoms with van der Waals surface area (Å²) in [7, 11) is 1.61. The molecule has 18 heavy (non-hydrogen) atoms. The maximum Gasteiger partial charge on any atom is 0.298 e. The van der Waals surface area contributed by atoms with Crippen LogP contribution in [-0.2, 0) is 11.2 Å². The molecule has 0 aliphatic heterocycles. The summed E-state index contributed by atoms with van der Waals surface area (Å²) >= 11 is 4.27. The minimum Gasteiger partial charge on any atom is -0.427 e. The van der Waals surface area contributed by atoms with Crippen LogP contribution >= 0.6 is 27.5 Å². The van der Waals surface area contributed by atoms with E-state index in [1.165, 1.54) is 12.1 Å². The van der Waals surface area contributed by atoms with Crippen LogP contribution in [0.25, 0.3) is 0 Å². The standard InChI is InChI=1S/C11H10BrFN2O2S/c1-16-5-4-10-14-11(18-15-10)17-9-3-2-7(12)6-8(9)13/h2-3,6H,4-5H2,1H3. The first-order valence-electron chi connectivity index (χ1n) is 5.13. The molecule has 0 unspecified atom stereocenters. The lowest BCUT2D eigenvalue weighted by Crippen LogP contribution is -1.96. The van der Waals surface area contributed by atoms with Crippen LogP contribution < -0.4 is 4.74 Å². The summed E-state index contributed by atoms with van der Waals surface area (Å²) in [6, 6.07) is 4.57. The summed E-state index contributed by atoms with van der Waals surface area (Å²) in [6.45, 7) is 0.544. The summed E-state index contributed by atoms with van der Waals surface area (Å²) in [4.78, 5) is 4.13. The average Bonchev–Trinajstić information content (AvgIpc) is 2.78.